The Kier molecular flexibility index (Phi) is 5.04. The Bertz CT molecular complexity index is 604. The van der Waals surface area contributed by atoms with E-state index in [0.29, 0.717) is 20.9 Å². The molecule has 0 saturated heterocycles. The third-order valence-corrected chi connectivity index (χ3v) is 4.63. The van der Waals surface area contributed by atoms with Gasteiger partial charge in [-0.2, -0.15) is 0 Å². The Morgan fingerprint density at radius 1 is 1.47 bits per heavy atom. The largest absolute Gasteiger partial charge is 0.461 e. The van der Waals surface area contributed by atoms with Crippen LogP contribution in [0, 0.1) is 0 Å². The molecule has 0 aliphatic rings. The highest BCUT2D eigenvalue weighted by atomic mass is 35.5. The number of halogens is 2. The smallest absolute Gasteiger partial charge is 0.361 e. The predicted molar refractivity (Wildman–Crippen MR) is 76.5 cm³/mol. The van der Waals surface area contributed by atoms with Crippen molar-refractivity contribution in [2.24, 2.45) is 0 Å². The van der Waals surface area contributed by atoms with Gasteiger partial charge in [0.1, 0.15) is 4.21 Å². The van der Waals surface area contributed by atoms with Crippen LogP contribution in [0.15, 0.2) is 27.3 Å². The van der Waals surface area contributed by atoms with Gasteiger partial charge in [-0.1, -0.05) is 39.5 Å². The van der Waals surface area contributed by atoms with Gasteiger partial charge >= 0.3 is 5.97 Å². The second-order valence-electron chi connectivity index (χ2n) is 3.31. The van der Waals surface area contributed by atoms with Gasteiger partial charge in [-0.15, -0.1) is 5.10 Å². The second-order valence-corrected chi connectivity index (χ2v) is 6.21. The highest BCUT2D eigenvalue weighted by molar-refractivity contribution is 8.01. The molecule has 4 nitrogen and oxygen atoms in total. The molecule has 0 aliphatic heterocycles. The molecule has 2 rings (SSSR count). The molecule has 8 heteroatoms. The van der Waals surface area contributed by atoms with E-state index in [1.807, 2.05) is 0 Å². The van der Waals surface area contributed by atoms with Crippen molar-refractivity contribution in [3.8, 4) is 0 Å². The van der Waals surface area contributed by atoms with Gasteiger partial charge in [0.15, 0.2) is 5.69 Å². The zero-order chi connectivity index (χ0) is 13.8. The minimum absolute atomic E-state index is 0.211. The molecule has 0 unspecified atom stereocenters. The Balaban J connectivity index is 2.24. The maximum atomic E-state index is 11.7. The number of rotatable bonds is 4. The molecule has 1 aromatic heterocycles. The van der Waals surface area contributed by atoms with Crippen LogP contribution in [0.2, 0.25) is 10.0 Å². The topological polar surface area (TPSA) is 52.1 Å². The Hall–Kier alpha value is -0.820. The zero-order valence-corrected chi connectivity index (χ0v) is 12.9. The van der Waals surface area contributed by atoms with Crippen molar-refractivity contribution in [1.82, 2.24) is 9.59 Å². The molecule has 0 N–H and O–H groups in total. The van der Waals surface area contributed by atoms with Gasteiger partial charge in [-0.3, -0.25) is 0 Å². The van der Waals surface area contributed by atoms with Crippen LogP contribution < -0.4 is 0 Å². The summed E-state index contributed by atoms with van der Waals surface area (Å²) in [5.74, 6) is -0.483. The first kappa shape index (κ1) is 14.6. The number of carbonyl (C=O) groups excluding carboxylic acids is 1. The van der Waals surface area contributed by atoms with Crippen molar-refractivity contribution < 1.29 is 9.53 Å². The van der Waals surface area contributed by atoms with E-state index in [9.17, 15) is 4.79 Å². The third kappa shape index (κ3) is 3.60. The number of nitrogens with zero attached hydrogens (tertiary/aromatic N) is 2. The highest BCUT2D eigenvalue weighted by Gasteiger charge is 2.19. The summed E-state index contributed by atoms with van der Waals surface area (Å²) in [4.78, 5) is 12.5. The molecule has 19 heavy (non-hydrogen) atoms. The number of carbonyl (C=O) groups is 1. The fraction of sp³-hybridized carbons (Fsp3) is 0.182. The fourth-order valence-corrected chi connectivity index (χ4v) is 3.39. The van der Waals surface area contributed by atoms with Crippen LogP contribution in [-0.2, 0) is 4.74 Å². The van der Waals surface area contributed by atoms with E-state index >= 15 is 0 Å². The first-order valence-corrected chi connectivity index (χ1v) is 7.58. The molecule has 1 heterocycles. The number of esters is 1. The van der Waals surface area contributed by atoms with E-state index in [0.717, 1.165) is 16.4 Å². The first-order chi connectivity index (χ1) is 9.11. The van der Waals surface area contributed by atoms with Crippen molar-refractivity contribution in [3.63, 3.8) is 0 Å². The minimum Gasteiger partial charge on any atom is -0.461 e. The third-order valence-electron chi connectivity index (χ3n) is 2.02. The zero-order valence-electron chi connectivity index (χ0n) is 9.72. The Labute approximate surface area is 128 Å². The lowest BCUT2D eigenvalue weighted by Crippen LogP contribution is -2.06. The van der Waals surface area contributed by atoms with E-state index in [1.54, 1.807) is 25.1 Å². The average molecular weight is 335 g/mol. The minimum atomic E-state index is -0.483. The van der Waals surface area contributed by atoms with Crippen LogP contribution in [-0.4, -0.2) is 22.2 Å². The first-order valence-electron chi connectivity index (χ1n) is 5.24. The van der Waals surface area contributed by atoms with E-state index in [2.05, 4.69) is 9.59 Å². The number of benzene rings is 1. The maximum absolute atomic E-state index is 11.7. The van der Waals surface area contributed by atoms with Gasteiger partial charge in [0, 0.05) is 9.92 Å². The van der Waals surface area contributed by atoms with Crippen LogP contribution in [0.25, 0.3) is 0 Å². The molecule has 0 atom stereocenters. The molecule has 0 fully saturated rings. The van der Waals surface area contributed by atoms with E-state index in [4.69, 9.17) is 27.9 Å². The van der Waals surface area contributed by atoms with Crippen LogP contribution in [0.3, 0.4) is 0 Å². The van der Waals surface area contributed by atoms with E-state index in [-0.39, 0.29) is 5.69 Å². The normalized spacial score (nSPS) is 10.5. The number of hydrogen-bond donors (Lipinski definition) is 0. The summed E-state index contributed by atoms with van der Waals surface area (Å²) in [7, 11) is 0. The lowest BCUT2D eigenvalue weighted by atomic mass is 10.4. The van der Waals surface area contributed by atoms with Gasteiger partial charge in [-0.25, -0.2) is 4.79 Å². The molecule has 0 aliphatic carbocycles. The molecular formula is C11H8Cl2N2O2S2. The van der Waals surface area contributed by atoms with Crippen molar-refractivity contribution in [3.05, 3.63) is 33.9 Å². The Morgan fingerprint density at radius 2 is 2.26 bits per heavy atom. The number of hydrogen-bond acceptors (Lipinski definition) is 6. The van der Waals surface area contributed by atoms with Crippen LogP contribution in [0.5, 0.6) is 0 Å². The molecule has 100 valence electrons. The lowest BCUT2D eigenvalue weighted by Gasteiger charge is -2.03. The summed E-state index contributed by atoms with van der Waals surface area (Å²) in [5.41, 5.74) is 0.211. The quantitative estimate of drug-likeness (QED) is 0.785. The van der Waals surface area contributed by atoms with Crippen molar-refractivity contribution in [1.29, 1.82) is 0 Å². The van der Waals surface area contributed by atoms with Crippen LogP contribution >= 0.6 is 46.5 Å². The molecule has 0 spiro atoms. The summed E-state index contributed by atoms with van der Waals surface area (Å²) in [6.45, 7) is 2.03. The Morgan fingerprint density at radius 3 is 2.95 bits per heavy atom. The molecular weight excluding hydrogens is 327 g/mol. The highest BCUT2D eigenvalue weighted by Crippen LogP contribution is 2.37. The van der Waals surface area contributed by atoms with Gasteiger partial charge in [0.25, 0.3) is 0 Å². The predicted octanol–water partition coefficient (Wildman–Crippen LogP) is 4.17. The molecule has 0 radical (unpaired) electrons. The maximum Gasteiger partial charge on any atom is 0.361 e. The van der Waals surface area contributed by atoms with E-state index < -0.39 is 5.97 Å². The standard InChI is InChI=1S/C11H8Cl2N2O2S2/c1-2-17-10(16)9-11(19-15-14-9)18-8-4-3-6(12)5-7(8)13/h3-5H,2H2,1H3. The van der Waals surface area contributed by atoms with Gasteiger partial charge < -0.3 is 4.74 Å². The molecule has 0 bridgehead atoms. The fourth-order valence-electron chi connectivity index (χ4n) is 1.23. The average Bonchev–Trinajstić information content (AvgIpc) is 2.81. The lowest BCUT2D eigenvalue weighted by molar-refractivity contribution is 0.0515. The monoisotopic (exact) mass is 334 g/mol. The number of ether oxygens (including phenoxy) is 1. The molecule has 0 saturated carbocycles. The van der Waals surface area contributed by atoms with E-state index in [1.165, 1.54) is 11.8 Å². The molecule has 1 aromatic carbocycles. The van der Waals surface area contributed by atoms with Crippen molar-refractivity contribution in [2.45, 2.75) is 16.0 Å². The number of aromatic nitrogens is 2. The van der Waals surface area contributed by atoms with Crippen molar-refractivity contribution >= 4 is 52.5 Å². The van der Waals surface area contributed by atoms with Gasteiger partial charge in [0.2, 0.25) is 0 Å². The van der Waals surface area contributed by atoms with Gasteiger partial charge in [0.05, 0.1) is 11.6 Å². The SMILES string of the molecule is CCOC(=O)c1nnsc1Sc1ccc(Cl)cc1Cl. The van der Waals surface area contributed by atoms with Crippen LogP contribution in [0.1, 0.15) is 17.4 Å². The summed E-state index contributed by atoms with van der Waals surface area (Å²) in [6, 6.07) is 5.15. The summed E-state index contributed by atoms with van der Waals surface area (Å²) in [5, 5.41) is 4.85. The van der Waals surface area contributed by atoms with Crippen LogP contribution in [0.4, 0.5) is 0 Å². The molecule has 0 amide bonds. The summed E-state index contributed by atoms with van der Waals surface area (Å²) >= 11 is 14.3. The van der Waals surface area contributed by atoms with Gasteiger partial charge in [-0.05, 0) is 36.7 Å². The second kappa shape index (κ2) is 6.56. The summed E-state index contributed by atoms with van der Waals surface area (Å²) in [6.07, 6.45) is 0. The molecule has 2 aromatic rings. The summed E-state index contributed by atoms with van der Waals surface area (Å²) < 4.78 is 9.32. The van der Waals surface area contributed by atoms with Crippen molar-refractivity contribution in [2.75, 3.05) is 6.61 Å².